The molecule has 1 unspecified atom stereocenters. The van der Waals surface area contributed by atoms with Gasteiger partial charge in [0.2, 0.25) is 5.78 Å². The van der Waals surface area contributed by atoms with E-state index in [1.165, 1.54) is 4.90 Å². The molecule has 0 radical (unpaired) electrons. The Morgan fingerprint density at radius 2 is 1.97 bits per heavy atom. The highest BCUT2D eigenvalue weighted by Crippen LogP contribution is 2.23. The predicted octanol–water partition coefficient (Wildman–Crippen LogP) is 3.35. The van der Waals surface area contributed by atoms with E-state index in [1.54, 1.807) is 30.3 Å². The minimum atomic E-state index is -1.15. The van der Waals surface area contributed by atoms with Crippen molar-refractivity contribution in [3.05, 3.63) is 53.9 Å². The summed E-state index contributed by atoms with van der Waals surface area (Å²) in [6.07, 6.45) is 0.825. The second-order valence-corrected chi connectivity index (χ2v) is 14.0. The summed E-state index contributed by atoms with van der Waals surface area (Å²) in [6.45, 7) is 8.02. The van der Waals surface area contributed by atoms with E-state index in [0.717, 1.165) is 6.04 Å². The van der Waals surface area contributed by atoms with Crippen LogP contribution in [-0.2, 0) is 16.2 Å². The number of rotatable bonds is 9. The van der Waals surface area contributed by atoms with Gasteiger partial charge in [-0.2, -0.15) is 0 Å². The molecule has 1 aliphatic heterocycles. The Bertz CT molecular complexity index is 857. The maximum atomic E-state index is 12.9. The molecular weight excluding hydrogens is 388 g/mol. The summed E-state index contributed by atoms with van der Waals surface area (Å²) >= 11 is 0. The largest absolute Gasteiger partial charge is 0.441 e. The molecule has 2 aromatic rings. The Morgan fingerprint density at radius 3 is 2.59 bits per heavy atom. The molecule has 1 aromatic heterocycles. The van der Waals surface area contributed by atoms with E-state index in [4.69, 9.17) is 14.6 Å². The van der Waals surface area contributed by atoms with Gasteiger partial charge in [0.1, 0.15) is 12.8 Å². The van der Waals surface area contributed by atoms with Crippen LogP contribution in [0.4, 0.5) is 10.5 Å². The van der Waals surface area contributed by atoms with E-state index < -0.39 is 20.3 Å². The quantitative estimate of drug-likeness (QED) is 0.385. The average molecular weight is 417 g/mol. The first-order chi connectivity index (χ1) is 13.8. The first-order valence-corrected chi connectivity index (χ1v) is 13.5. The van der Waals surface area contributed by atoms with E-state index in [1.807, 2.05) is 16.8 Å². The monoisotopic (exact) mass is 416 g/mol. The van der Waals surface area contributed by atoms with Crippen LogP contribution in [0.2, 0.25) is 25.7 Å². The van der Waals surface area contributed by atoms with Crippen LogP contribution < -0.4 is 4.90 Å². The fraction of sp³-hybridized carbons (Fsp3) is 0.429. The van der Waals surface area contributed by atoms with Crippen LogP contribution in [-0.4, -0.2) is 55.5 Å². The summed E-state index contributed by atoms with van der Waals surface area (Å²) in [4.78, 5) is 26.2. The number of amides is 1. The molecule has 156 valence electrons. The standard InChI is InChI=1S/C21H28N2O5Si/c1-29(2,3)12-11-27-15-22-10-4-5-19(22)20(25)16-6-8-17(9-7-16)23-13-18(14-24)28-21(23)26/h4-10,18,24H,11-15H2,1-3H3. The van der Waals surface area contributed by atoms with Gasteiger partial charge in [0, 0.05) is 32.1 Å². The minimum Gasteiger partial charge on any atom is -0.441 e. The van der Waals surface area contributed by atoms with Gasteiger partial charge in [-0.05, 0) is 42.4 Å². The second-order valence-electron chi connectivity index (χ2n) is 8.39. The Kier molecular flexibility index (Phi) is 6.56. The van der Waals surface area contributed by atoms with Crippen molar-refractivity contribution in [1.82, 2.24) is 4.57 Å². The SMILES string of the molecule is C[Si](C)(C)CCOCn1cccc1C(=O)c1ccc(N2CC(CO)OC2=O)cc1. The van der Waals surface area contributed by atoms with Gasteiger partial charge in [0.15, 0.2) is 0 Å². The number of benzene rings is 1. The van der Waals surface area contributed by atoms with E-state index >= 15 is 0 Å². The van der Waals surface area contributed by atoms with Crippen LogP contribution in [0.25, 0.3) is 0 Å². The molecule has 7 nitrogen and oxygen atoms in total. The molecule has 0 saturated carbocycles. The van der Waals surface area contributed by atoms with Crippen LogP contribution in [0.5, 0.6) is 0 Å². The van der Waals surface area contributed by atoms with E-state index in [9.17, 15) is 9.59 Å². The second kappa shape index (κ2) is 8.94. The molecule has 0 bridgehead atoms. The number of ether oxygens (including phenoxy) is 2. The number of carbonyl (C=O) groups is 2. The Morgan fingerprint density at radius 1 is 1.24 bits per heavy atom. The lowest BCUT2D eigenvalue weighted by molar-refractivity contribution is 0.0819. The summed E-state index contributed by atoms with van der Waals surface area (Å²) in [5.41, 5.74) is 1.72. The van der Waals surface area contributed by atoms with E-state index in [0.29, 0.717) is 36.8 Å². The molecule has 29 heavy (non-hydrogen) atoms. The molecule has 2 heterocycles. The van der Waals surface area contributed by atoms with E-state index in [-0.39, 0.29) is 12.4 Å². The third-order valence-electron chi connectivity index (χ3n) is 4.81. The fourth-order valence-electron chi connectivity index (χ4n) is 3.04. The zero-order valence-electron chi connectivity index (χ0n) is 17.1. The van der Waals surface area contributed by atoms with Crippen molar-refractivity contribution < 1.29 is 24.2 Å². The predicted molar refractivity (Wildman–Crippen MR) is 113 cm³/mol. The zero-order valence-corrected chi connectivity index (χ0v) is 18.1. The number of aliphatic hydroxyl groups is 1. The summed E-state index contributed by atoms with van der Waals surface area (Å²) in [6, 6.07) is 11.5. The topological polar surface area (TPSA) is 81.0 Å². The van der Waals surface area contributed by atoms with Crippen molar-refractivity contribution in [1.29, 1.82) is 0 Å². The lowest BCUT2D eigenvalue weighted by Gasteiger charge is -2.16. The summed E-state index contributed by atoms with van der Waals surface area (Å²) in [7, 11) is -1.15. The molecule has 1 atom stereocenters. The molecule has 3 rings (SSSR count). The third-order valence-corrected chi connectivity index (χ3v) is 6.51. The molecule has 1 aromatic carbocycles. The van der Waals surface area contributed by atoms with Crippen LogP contribution in [0.3, 0.4) is 0 Å². The maximum absolute atomic E-state index is 12.9. The van der Waals surface area contributed by atoms with Crippen molar-refractivity contribution in [2.75, 3.05) is 24.7 Å². The molecular formula is C21H28N2O5Si. The number of aromatic nitrogens is 1. The van der Waals surface area contributed by atoms with Gasteiger partial charge >= 0.3 is 6.09 Å². The Balaban J connectivity index is 1.64. The number of cyclic esters (lactones) is 1. The van der Waals surface area contributed by atoms with Crippen molar-refractivity contribution in [2.45, 2.75) is 38.5 Å². The number of hydrogen-bond donors (Lipinski definition) is 1. The highest BCUT2D eigenvalue weighted by molar-refractivity contribution is 6.76. The van der Waals surface area contributed by atoms with Gasteiger partial charge in [-0.15, -0.1) is 0 Å². The van der Waals surface area contributed by atoms with Crippen molar-refractivity contribution >= 4 is 25.6 Å². The van der Waals surface area contributed by atoms with E-state index in [2.05, 4.69) is 19.6 Å². The molecule has 0 aliphatic carbocycles. The minimum absolute atomic E-state index is 0.104. The van der Waals surface area contributed by atoms with Crippen LogP contribution in [0, 0.1) is 0 Å². The fourth-order valence-corrected chi connectivity index (χ4v) is 3.80. The van der Waals surface area contributed by atoms with Gasteiger partial charge in [-0.3, -0.25) is 9.69 Å². The summed E-state index contributed by atoms with van der Waals surface area (Å²) in [5, 5.41) is 9.15. The lowest BCUT2D eigenvalue weighted by atomic mass is 10.1. The first-order valence-electron chi connectivity index (χ1n) is 9.75. The Labute approximate surface area is 171 Å². The highest BCUT2D eigenvalue weighted by atomic mass is 28.3. The number of hydrogen-bond acceptors (Lipinski definition) is 5. The number of anilines is 1. The molecule has 1 saturated heterocycles. The van der Waals surface area contributed by atoms with Crippen molar-refractivity contribution in [2.24, 2.45) is 0 Å². The number of aliphatic hydroxyl groups excluding tert-OH is 1. The molecule has 8 heteroatoms. The van der Waals surface area contributed by atoms with Gasteiger partial charge in [0.05, 0.1) is 18.8 Å². The van der Waals surface area contributed by atoms with Crippen molar-refractivity contribution in [3.8, 4) is 0 Å². The van der Waals surface area contributed by atoms with Gasteiger partial charge in [-0.1, -0.05) is 19.6 Å². The first kappa shape index (κ1) is 21.3. The maximum Gasteiger partial charge on any atom is 0.414 e. The highest BCUT2D eigenvalue weighted by Gasteiger charge is 2.31. The number of nitrogens with zero attached hydrogens (tertiary/aromatic N) is 2. The van der Waals surface area contributed by atoms with Gasteiger partial charge in [-0.25, -0.2) is 4.79 Å². The third kappa shape index (κ3) is 5.34. The summed E-state index contributed by atoms with van der Waals surface area (Å²) < 4.78 is 12.6. The smallest absolute Gasteiger partial charge is 0.414 e. The van der Waals surface area contributed by atoms with Crippen LogP contribution in [0.15, 0.2) is 42.6 Å². The Hall–Kier alpha value is -2.42. The van der Waals surface area contributed by atoms with Crippen LogP contribution in [0.1, 0.15) is 16.1 Å². The van der Waals surface area contributed by atoms with Crippen molar-refractivity contribution in [3.63, 3.8) is 0 Å². The lowest BCUT2D eigenvalue weighted by Crippen LogP contribution is -2.25. The zero-order chi connectivity index (χ0) is 21.0. The number of ketones is 1. The average Bonchev–Trinajstić information content (AvgIpc) is 3.30. The normalized spacial score (nSPS) is 16.9. The van der Waals surface area contributed by atoms with Gasteiger partial charge < -0.3 is 19.1 Å². The molecule has 1 fully saturated rings. The molecule has 1 aliphatic rings. The molecule has 1 amide bonds. The molecule has 0 spiro atoms. The van der Waals surface area contributed by atoms with Crippen LogP contribution >= 0.6 is 0 Å². The molecule has 1 N–H and O–H groups in total. The number of carbonyl (C=O) groups excluding carboxylic acids is 2. The van der Waals surface area contributed by atoms with Gasteiger partial charge in [0.25, 0.3) is 0 Å². The summed E-state index contributed by atoms with van der Waals surface area (Å²) in [5.74, 6) is -0.104.